The lowest BCUT2D eigenvalue weighted by Crippen LogP contribution is -2.58. The van der Waals surface area contributed by atoms with Crippen LogP contribution in [0.3, 0.4) is 0 Å². The lowest BCUT2D eigenvalue weighted by molar-refractivity contribution is -0.128. The molecule has 0 aliphatic carbocycles. The normalized spacial score (nSPS) is 16.7. The average Bonchev–Trinajstić information content (AvgIpc) is 2.99. The molecule has 3 heterocycles. The first kappa shape index (κ1) is 30.9. The fourth-order valence-corrected chi connectivity index (χ4v) is 5.51. The molecular weight excluding hydrogens is 592 g/mol. The standard InChI is InChI=1S/C31H32ClF2N7O3/c1-6-25(43)40-15-18(3)41(16-17(40)2)30-20-12-21(32)26(27-22(33)8-7-9-23(27)42)28(34)29(20)37-31(38-30)44-11-10-24-35-13-19(14-36-24)39(4)5/h6-9,12-14,17-18,42H,1,10-11,15-16H2,2-5H3/t17-,18+/m1/s1. The Morgan fingerprint density at radius 3 is 2.55 bits per heavy atom. The lowest BCUT2D eigenvalue weighted by Gasteiger charge is -2.44. The van der Waals surface area contributed by atoms with E-state index in [2.05, 4.69) is 26.5 Å². The molecule has 2 atom stereocenters. The van der Waals surface area contributed by atoms with Gasteiger partial charge in [0.25, 0.3) is 0 Å². The Balaban J connectivity index is 1.57. The Hall–Kier alpha value is -4.58. The van der Waals surface area contributed by atoms with Gasteiger partial charge in [0.05, 0.1) is 35.3 Å². The molecule has 1 N–H and O–H groups in total. The number of anilines is 2. The van der Waals surface area contributed by atoms with Crippen LogP contribution >= 0.6 is 11.6 Å². The van der Waals surface area contributed by atoms with E-state index in [0.29, 0.717) is 31.2 Å². The molecule has 2 aromatic carbocycles. The SMILES string of the molecule is C=CC(=O)N1C[C@H](C)N(c2nc(OCCc3ncc(N(C)C)cn3)nc3c(F)c(-c4c(O)cccc4F)c(Cl)cc23)C[C@H]1C. The molecule has 0 spiro atoms. The van der Waals surface area contributed by atoms with Crippen molar-refractivity contribution in [3.63, 3.8) is 0 Å². The van der Waals surface area contributed by atoms with Gasteiger partial charge in [-0.15, -0.1) is 0 Å². The molecule has 5 rings (SSSR count). The molecule has 44 heavy (non-hydrogen) atoms. The predicted molar refractivity (Wildman–Crippen MR) is 165 cm³/mol. The van der Waals surface area contributed by atoms with Crippen molar-refractivity contribution >= 4 is 39.9 Å². The Bertz CT molecular complexity index is 1700. The highest BCUT2D eigenvalue weighted by Gasteiger charge is 2.34. The number of piperazine rings is 1. The molecule has 1 aliphatic rings. The van der Waals surface area contributed by atoms with Crippen molar-refractivity contribution in [2.24, 2.45) is 0 Å². The van der Waals surface area contributed by atoms with Gasteiger partial charge in [-0.3, -0.25) is 4.79 Å². The number of hydrogen-bond donors (Lipinski definition) is 1. The number of nitrogens with zero attached hydrogens (tertiary/aromatic N) is 7. The molecule has 1 fully saturated rings. The second kappa shape index (κ2) is 12.6. The van der Waals surface area contributed by atoms with Gasteiger partial charge in [-0.1, -0.05) is 24.2 Å². The number of rotatable bonds is 8. The maximum atomic E-state index is 16.4. The third-order valence-electron chi connectivity index (χ3n) is 7.56. The van der Waals surface area contributed by atoms with E-state index in [4.69, 9.17) is 16.3 Å². The number of benzene rings is 2. The number of ether oxygens (including phenoxy) is 1. The van der Waals surface area contributed by atoms with Gasteiger partial charge >= 0.3 is 6.01 Å². The van der Waals surface area contributed by atoms with Gasteiger partial charge in [0.1, 0.15) is 28.7 Å². The van der Waals surface area contributed by atoms with Crippen molar-refractivity contribution in [1.29, 1.82) is 0 Å². The maximum Gasteiger partial charge on any atom is 0.319 e. The number of aromatic nitrogens is 4. The minimum absolute atomic E-state index is 0.0932. The Labute approximate surface area is 258 Å². The third-order valence-corrected chi connectivity index (χ3v) is 7.86. The number of phenols is 1. The minimum Gasteiger partial charge on any atom is -0.507 e. The second-order valence-electron chi connectivity index (χ2n) is 10.8. The first-order valence-electron chi connectivity index (χ1n) is 14.0. The summed E-state index contributed by atoms with van der Waals surface area (Å²) in [6.07, 6.45) is 5.01. The molecule has 0 bridgehead atoms. The van der Waals surface area contributed by atoms with Crippen molar-refractivity contribution in [2.45, 2.75) is 32.4 Å². The Morgan fingerprint density at radius 2 is 1.89 bits per heavy atom. The molecule has 1 aliphatic heterocycles. The zero-order valence-electron chi connectivity index (χ0n) is 24.8. The van der Waals surface area contributed by atoms with E-state index < -0.39 is 17.4 Å². The first-order chi connectivity index (χ1) is 21.0. The highest BCUT2D eigenvalue weighted by Crippen LogP contribution is 2.43. The topological polar surface area (TPSA) is 108 Å². The third kappa shape index (κ3) is 5.94. The molecule has 4 aromatic rings. The van der Waals surface area contributed by atoms with Crippen LogP contribution in [0.2, 0.25) is 5.02 Å². The Kier molecular flexibility index (Phi) is 8.82. The number of carbonyl (C=O) groups is 1. The quantitative estimate of drug-likeness (QED) is 0.271. The molecule has 0 saturated carbocycles. The highest BCUT2D eigenvalue weighted by atomic mass is 35.5. The van der Waals surface area contributed by atoms with Crippen LogP contribution in [-0.2, 0) is 11.2 Å². The van der Waals surface area contributed by atoms with Crippen LogP contribution in [0.5, 0.6) is 11.8 Å². The summed E-state index contributed by atoms with van der Waals surface area (Å²) < 4.78 is 37.1. The largest absolute Gasteiger partial charge is 0.507 e. The van der Waals surface area contributed by atoms with Gasteiger partial charge in [0.15, 0.2) is 5.82 Å². The summed E-state index contributed by atoms with van der Waals surface area (Å²) in [4.78, 5) is 35.7. The predicted octanol–water partition coefficient (Wildman–Crippen LogP) is 5.02. The van der Waals surface area contributed by atoms with Crippen molar-refractivity contribution in [1.82, 2.24) is 24.8 Å². The van der Waals surface area contributed by atoms with Crippen molar-refractivity contribution in [3.8, 4) is 22.9 Å². The molecule has 0 unspecified atom stereocenters. The summed E-state index contributed by atoms with van der Waals surface area (Å²) in [6.45, 7) is 8.24. The molecule has 2 aromatic heterocycles. The van der Waals surface area contributed by atoms with E-state index in [1.807, 2.05) is 37.7 Å². The van der Waals surface area contributed by atoms with Crippen LogP contribution in [0.4, 0.5) is 20.3 Å². The van der Waals surface area contributed by atoms with Gasteiger partial charge < -0.3 is 24.5 Å². The number of aromatic hydroxyl groups is 1. The molecule has 1 amide bonds. The lowest BCUT2D eigenvalue weighted by atomic mass is 10.0. The van der Waals surface area contributed by atoms with E-state index in [1.54, 1.807) is 17.3 Å². The van der Waals surface area contributed by atoms with E-state index in [9.17, 15) is 14.3 Å². The average molecular weight is 624 g/mol. The van der Waals surface area contributed by atoms with Gasteiger partial charge in [-0.25, -0.2) is 18.7 Å². The minimum atomic E-state index is -0.940. The fourth-order valence-electron chi connectivity index (χ4n) is 5.22. The molecule has 230 valence electrons. The van der Waals surface area contributed by atoms with E-state index in [-0.39, 0.29) is 57.7 Å². The monoisotopic (exact) mass is 623 g/mol. The maximum absolute atomic E-state index is 16.4. The molecule has 13 heteroatoms. The van der Waals surface area contributed by atoms with Crippen LogP contribution < -0.4 is 14.5 Å². The second-order valence-corrected chi connectivity index (χ2v) is 11.2. The number of carbonyl (C=O) groups excluding carboxylic acids is 1. The zero-order valence-corrected chi connectivity index (χ0v) is 25.5. The number of phenolic OH excluding ortho intramolecular Hbond substituents is 1. The summed E-state index contributed by atoms with van der Waals surface area (Å²) in [5, 5.41) is 10.6. The van der Waals surface area contributed by atoms with Crippen LogP contribution in [-0.4, -0.2) is 81.7 Å². The van der Waals surface area contributed by atoms with Crippen molar-refractivity contribution in [3.05, 3.63) is 71.8 Å². The fraction of sp³-hybridized carbons (Fsp3) is 0.323. The van der Waals surface area contributed by atoms with E-state index >= 15 is 4.39 Å². The molecular formula is C31H32ClF2N7O3. The summed E-state index contributed by atoms with van der Waals surface area (Å²) >= 11 is 6.56. The number of hydrogen-bond acceptors (Lipinski definition) is 9. The van der Waals surface area contributed by atoms with E-state index in [0.717, 1.165) is 11.8 Å². The van der Waals surface area contributed by atoms with Crippen LogP contribution in [0, 0.1) is 11.6 Å². The van der Waals surface area contributed by atoms with Gasteiger partial charge in [0.2, 0.25) is 5.91 Å². The number of fused-ring (bicyclic) bond motifs is 1. The summed E-state index contributed by atoms with van der Waals surface area (Å²) in [5.41, 5.74) is -0.0247. The molecule has 1 saturated heterocycles. The smallest absolute Gasteiger partial charge is 0.319 e. The van der Waals surface area contributed by atoms with Gasteiger partial charge in [-0.05, 0) is 38.1 Å². The van der Waals surface area contributed by atoms with Crippen molar-refractivity contribution in [2.75, 3.05) is 43.6 Å². The Morgan fingerprint density at radius 1 is 1.16 bits per heavy atom. The van der Waals surface area contributed by atoms with Crippen LogP contribution in [0.25, 0.3) is 22.0 Å². The zero-order chi connectivity index (χ0) is 31.7. The summed E-state index contributed by atoms with van der Waals surface area (Å²) in [5.74, 6) is -1.57. The van der Waals surface area contributed by atoms with Crippen LogP contribution in [0.15, 0.2) is 49.3 Å². The summed E-state index contributed by atoms with van der Waals surface area (Å²) in [6, 6.07) is 4.55. The van der Waals surface area contributed by atoms with Crippen LogP contribution in [0.1, 0.15) is 19.7 Å². The number of halogens is 3. The summed E-state index contributed by atoms with van der Waals surface area (Å²) in [7, 11) is 3.78. The number of amides is 1. The van der Waals surface area contributed by atoms with Crippen molar-refractivity contribution < 1.29 is 23.4 Å². The highest BCUT2D eigenvalue weighted by molar-refractivity contribution is 6.34. The van der Waals surface area contributed by atoms with E-state index in [1.165, 1.54) is 24.3 Å². The molecule has 0 radical (unpaired) electrons. The first-order valence-corrected chi connectivity index (χ1v) is 14.4. The van der Waals surface area contributed by atoms with Gasteiger partial charge in [-0.2, -0.15) is 9.97 Å². The molecule has 10 nitrogen and oxygen atoms in total. The van der Waals surface area contributed by atoms with Gasteiger partial charge in [0, 0.05) is 56.6 Å².